The second kappa shape index (κ2) is 7.80. The van der Waals surface area contributed by atoms with Gasteiger partial charge in [-0.1, -0.05) is 12.8 Å². The number of carbonyl (C=O) groups excluding carboxylic acids is 2. The summed E-state index contributed by atoms with van der Waals surface area (Å²) in [5, 5.41) is 10.3. The number of rotatable bonds is 4. The fourth-order valence-corrected chi connectivity index (χ4v) is 4.85. The van der Waals surface area contributed by atoms with Crippen LogP contribution < -0.4 is 5.32 Å². The molecule has 2 aromatic heterocycles. The zero-order valence-electron chi connectivity index (χ0n) is 15.5. The first-order chi connectivity index (χ1) is 13.1. The molecule has 2 aliphatic rings. The van der Waals surface area contributed by atoms with Crippen LogP contribution in [0.1, 0.15) is 82.5 Å². The molecule has 1 atom stereocenters. The Morgan fingerprint density at radius 3 is 2.74 bits per heavy atom. The van der Waals surface area contributed by atoms with E-state index in [2.05, 4.69) is 20.5 Å². The standard InChI is InChI=1S/C19H25N5O2S/c1-12-17(27-11-20-12)19(26)24-9-5-4-8-16(24)14-10-15(23-22-14)18(25)21-13-6-2-3-7-13/h10-11,13,16H,2-9H2,1H3,(H,21,25)(H,22,23)/t16-/m0/s1. The molecule has 0 spiro atoms. The quantitative estimate of drug-likeness (QED) is 0.843. The van der Waals surface area contributed by atoms with E-state index in [4.69, 9.17) is 0 Å². The third kappa shape index (κ3) is 3.76. The molecule has 7 nitrogen and oxygen atoms in total. The Morgan fingerprint density at radius 1 is 1.22 bits per heavy atom. The topological polar surface area (TPSA) is 91.0 Å². The van der Waals surface area contributed by atoms with Crippen LogP contribution in [0.5, 0.6) is 0 Å². The maximum absolute atomic E-state index is 13.0. The maximum atomic E-state index is 13.0. The summed E-state index contributed by atoms with van der Waals surface area (Å²) in [6.45, 7) is 2.58. The number of H-pyrrole nitrogens is 1. The van der Waals surface area contributed by atoms with Gasteiger partial charge < -0.3 is 10.2 Å². The molecule has 144 valence electrons. The molecule has 1 aliphatic carbocycles. The number of piperidine rings is 1. The van der Waals surface area contributed by atoms with Gasteiger partial charge in [0.25, 0.3) is 11.8 Å². The summed E-state index contributed by atoms with van der Waals surface area (Å²) in [5.41, 5.74) is 3.73. The van der Waals surface area contributed by atoms with E-state index in [0.29, 0.717) is 17.1 Å². The van der Waals surface area contributed by atoms with Gasteiger partial charge in [-0.3, -0.25) is 14.7 Å². The largest absolute Gasteiger partial charge is 0.348 e. The Morgan fingerprint density at radius 2 is 2.00 bits per heavy atom. The highest BCUT2D eigenvalue weighted by atomic mass is 32.1. The Bertz CT molecular complexity index is 824. The number of hydrogen-bond donors (Lipinski definition) is 2. The molecule has 0 unspecified atom stereocenters. The van der Waals surface area contributed by atoms with Crippen LogP contribution in [0.4, 0.5) is 0 Å². The van der Waals surface area contributed by atoms with Crippen LogP contribution in [-0.2, 0) is 0 Å². The van der Waals surface area contributed by atoms with Crippen molar-refractivity contribution in [1.29, 1.82) is 0 Å². The number of likely N-dealkylation sites (tertiary alicyclic amines) is 1. The van der Waals surface area contributed by atoms with Gasteiger partial charge in [-0.25, -0.2) is 4.98 Å². The van der Waals surface area contributed by atoms with Crippen LogP contribution >= 0.6 is 11.3 Å². The summed E-state index contributed by atoms with van der Waals surface area (Å²) in [6, 6.07) is 1.99. The van der Waals surface area contributed by atoms with Crippen molar-refractivity contribution in [3.8, 4) is 0 Å². The zero-order valence-corrected chi connectivity index (χ0v) is 16.3. The smallest absolute Gasteiger partial charge is 0.271 e. The molecule has 0 aromatic carbocycles. The predicted octanol–water partition coefficient (Wildman–Crippen LogP) is 3.21. The van der Waals surface area contributed by atoms with Crippen molar-refractivity contribution in [3.63, 3.8) is 0 Å². The second-order valence-corrected chi connectivity index (χ2v) is 8.30. The summed E-state index contributed by atoms with van der Waals surface area (Å²) in [5.74, 6) is -0.109. The van der Waals surface area contributed by atoms with Crippen LogP contribution in [0.3, 0.4) is 0 Å². The maximum Gasteiger partial charge on any atom is 0.271 e. The van der Waals surface area contributed by atoms with E-state index in [9.17, 15) is 9.59 Å². The molecule has 4 rings (SSSR count). The van der Waals surface area contributed by atoms with Gasteiger partial charge in [-0.2, -0.15) is 5.10 Å². The van der Waals surface area contributed by atoms with Crippen molar-refractivity contribution in [2.75, 3.05) is 6.54 Å². The number of aryl methyl sites for hydroxylation is 1. The first-order valence-electron chi connectivity index (χ1n) is 9.70. The van der Waals surface area contributed by atoms with Crippen LogP contribution in [-0.4, -0.2) is 44.5 Å². The van der Waals surface area contributed by atoms with E-state index in [-0.39, 0.29) is 23.9 Å². The minimum atomic E-state index is -0.128. The molecule has 0 bridgehead atoms. The van der Waals surface area contributed by atoms with Crippen molar-refractivity contribution in [3.05, 3.63) is 33.5 Å². The van der Waals surface area contributed by atoms with E-state index in [1.54, 1.807) is 11.6 Å². The Hall–Kier alpha value is -2.22. The van der Waals surface area contributed by atoms with Gasteiger partial charge in [0.15, 0.2) is 0 Å². The van der Waals surface area contributed by atoms with Gasteiger partial charge in [-0.15, -0.1) is 11.3 Å². The highest BCUT2D eigenvalue weighted by Crippen LogP contribution is 2.32. The molecule has 1 saturated carbocycles. The lowest BCUT2D eigenvalue weighted by atomic mass is 9.98. The Balaban J connectivity index is 1.50. The number of carbonyl (C=O) groups is 2. The highest BCUT2D eigenvalue weighted by molar-refractivity contribution is 7.11. The molecule has 8 heteroatoms. The minimum absolute atomic E-state index is 0.0197. The van der Waals surface area contributed by atoms with Gasteiger partial charge in [-0.05, 0) is 45.1 Å². The fraction of sp³-hybridized carbons (Fsp3) is 0.579. The molecule has 2 amide bonds. The summed E-state index contributed by atoms with van der Waals surface area (Å²) in [4.78, 5) is 32.3. The van der Waals surface area contributed by atoms with Gasteiger partial charge >= 0.3 is 0 Å². The first-order valence-corrected chi connectivity index (χ1v) is 10.6. The molecule has 1 saturated heterocycles. The molecule has 2 aromatic rings. The molecule has 2 N–H and O–H groups in total. The summed E-state index contributed by atoms with van der Waals surface area (Å²) < 4.78 is 0. The van der Waals surface area contributed by atoms with Crippen molar-refractivity contribution in [2.45, 2.75) is 64.0 Å². The number of nitrogens with zero attached hydrogens (tertiary/aromatic N) is 3. The van der Waals surface area contributed by atoms with Gasteiger partial charge in [0.05, 0.1) is 22.9 Å². The fourth-order valence-electron chi connectivity index (χ4n) is 4.09. The van der Waals surface area contributed by atoms with Gasteiger partial charge in [0.2, 0.25) is 0 Å². The molecular weight excluding hydrogens is 362 g/mol. The number of amides is 2. The molecule has 0 radical (unpaired) electrons. The van der Waals surface area contributed by atoms with Gasteiger partial charge in [0.1, 0.15) is 10.6 Å². The number of hydrogen-bond acceptors (Lipinski definition) is 5. The highest BCUT2D eigenvalue weighted by Gasteiger charge is 2.32. The number of aromatic amines is 1. The predicted molar refractivity (Wildman–Crippen MR) is 103 cm³/mol. The lowest BCUT2D eigenvalue weighted by Gasteiger charge is -2.34. The molecule has 2 fully saturated rings. The SMILES string of the molecule is Cc1ncsc1C(=O)N1CCCC[C@H]1c1cc(C(=O)NC2CCCC2)n[nH]1. The lowest BCUT2D eigenvalue weighted by Crippen LogP contribution is -2.38. The lowest BCUT2D eigenvalue weighted by molar-refractivity contribution is 0.0610. The van der Waals surface area contributed by atoms with E-state index in [0.717, 1.165) is 43.5 Å². The first kappa shape index (κ1) is 18.2. The normalized spacial score (nSPS) is 20.8. The molecule has 27 heavy (non-hydrogen) atoms. The van der Waals surface area contributed by atoms with Crippen molar-refractivity contribution < 1.29 is 9.59 Å². The van der Waals surface area contributed by atoms with E-state index in [1.807, 2.05) is 11.8 Å². The minimum Gasteiger partial charge on any atom is -0.348 e. The average molecular weight is 388 g/mol. The van der Waals surface area contributed by atoms with Crippen molar-refractivity contribution in [1.82, 2.24) is 25.4 Å². The van der Waals surface area contributed by atoms with E-state index >= 15 is 0 Å². The molecule has 3 heterocycles. The Labute approximate surface area is 162 Å². The molecular formula is C19H25N5O2S. The Kier molecular flexibility index (Phi) is 5.24. The van der Waals surface area contributed by atoms with Crippen LogP contribution in [0.15, 0.2) is 11.6 Å². The summed E-state index contributed by atoms with van der Waals surface area (Å²) in [6.07, 6.45) is 7.35. The van der Waals surface area contributed by atoms with Crippen LogP contribution in [0, 0.1) is 6.92 Å². The zero-order chi connectivity index (χ0) is 18.8. The van der Waals surface area contributed by atoms with Crippen LogP contribution in [0.25, 0.3) is 0 Å². The van der Waals surface area contributed by atoms with E-state index in [1.165, 1.54) is 24.2 Å². The van der Waals surface area contributed by atoms with Crippen molar-refractivity contribution >= 4 is 23.2 Å². The monoisotopic (exact) mass is 387 g/mol. The molecule has 1 aliphatic heterocycles. The number of nitrogens with one attached hydrogen (secondary N) is 2. The number of thiazole rings is 1. The average Bonchev–Trinajstić information content (AvgIpc) is 3.43. The van der Waals surface area contributed by atoms with E-state index < -0.39 is 0 Å². The number of aromatic nitrogens is 3. The summed E-state index contributed by atoms with van der Waals surface area (Å²) in [7, 11) is 0. The third-order valence-corrected chi connectivity index (χ3v) is 6.50. The van der Waals surface area contributed by atoms with Crippen LogP contribution in [0.2, 0.25) is 0 Å². The summed E-state index contributed by atoms with van der Waals surface area (Å²) >= 11 is 1.38. The second-order valence-electron chi connectivity index (χ2n) is 7.44. The van der Waals surface area contributed by atoms with Crippen molar-refractivity contribution in [2.24, 2.45) is 0 Å². The van der Waals surface area contributed by atoms with Gasteiger partial charge in [0, 0.05) is 12.6 Å². The third-order valence-electron chi connectivity index (χ3n) is 5.58.